The van der Waals surface area contributed by atoms with E-state index in [1.54, 1.807) is 6.07 Å². The van der Waals surface area contributed by atoms with Gasteiger partial charge in [0.15, 0.2) is 0 Å². The molecule has 1 saturated heterocycles. The number of rotatable bonds is 5. The van der Waals surface area contributed by atoms with Crippen LogP contribution in [0.3, 0.4) is 0 Å². The Balaban J connectivity index is 1.53. The molecule has 2 aromatic rings. The lowest BCUT2D eigenvalue weighted by Crippen LogP contribution is -2.35. The summed E-state index contributed by atoms with van der Waals surface area (Å²) < 4.78 is 5.39. The number of halogens is 1. The summed E-state index contributed by atoms with van der Waals surface area (Å²) in [6.45, 7) is 6.78. The number of morpholine rings is 1. The highest BCUT2D eigenvalue weighted by Crippen LogP contribution is 2.22. The Morgan fingerprint density at radius 3 is 2.69 bits per heavy atom. The molecule has 6 heteroatoms. The third-order valence-electron chi connectivity index (χ3n) is 4.47. The fourth-order valence-corrected chi connectivity index (χ4v) is 3.12. The molecule has 0 unspecified atom stereocenters. The molecule has 0 bridgehead atoms. The lowest BCUT2D eigenvalue weighted by Gasteiger charge is -2.26. The molecule has 3 rings (SSSR count). The Morgan fingerprint density at radius 2 is 1.88 bits per heavy atom. The zero-order valence-corrected chi connectivity index (χ0v) is 15.7. The minimum Gasteiger partial charge on any atom is -0.379 e. The lowest BCUT2D eigenvalue weighted by atomic mass is 10.1. The van der Waals surface area contributed by atoms with Crippen molar-refractivity contribution in [2.24, 2.45) is 0 Å². The number of anilines is 1. The largest absolute Gasteiger partial charge is 0.379 e. The summed E-state index contributed by atoms with van der Waals surface area (Å²) in [6.07, 6.45) is 0. The van der Waals surface area contributed by atoms with E-state index in [9.17, 15) is 4.79 Å². The van der Waals surface area contributed by atoms with E-state index in [0.717, 1.165) is 49.7 Å². The van der Waals surface area contributed by atoms with Crippen LogP contribution in [-0.2, 0) is 17.8 Å². The minimum absolute atomic E-state index is 0.242. The van der Waals surface area contributed by atoms with E-state index < -0.39 is 0 Å². The van der Waals surface area contributed by atoms with Gasteiger partial charge in [-0.2, -0.15) is 0 Å². The number of benzene rings is 2. The summed E-state index contributed by atoms with van der Waals surface area (Å²) in [5.41, 5.74) is 3.90. The van der Waals surface area contributed by atoms with Gasteiger partial charge >= 0.3 is 6.03 Å². The van der Waals surface area contributed by atoms with E-state index in [4.69, 9.17) is 16.3 Å². The number of nitrogens with zero attached hydrogens (tertiary/aromatic N) is 1. The highest BCUT2D eigenvalue weighted by molar-refractivity contribution is 6.31. The van der Waals surface area contributed by atoms with Crippen LogP contribution in [0.4, 0.5) is 10.5 Å². The molecule has 0 atom stereocenters. The molecule has 1 heterocycles. The molecular weight excluding hydrogens is 350 g/mol. The molecule has 0 spiro atoms. The fraction of sp³-hybridized carbons (Fsp3) is 0.350. The van der Waals surface area contributed by atoms with Crippen LogP contribution in [0.2, 0.25) is 5.02 Å². The summed E-state index contributed by atoms with van der Waals surface area (Å²) in [6, 6.07) is 13.5. The summed E-state index contributed by atoms with van der Waals surface area (Å²) in [4.78, 5) is 14.5. The molecule has 2 N–H and O–H groups in total. The number of ether oxygens (including phenoxy) is 1. The molecule has 2 amide bonds. The lowest BCUT2D eigenvalue weighted by molar-refractivity contribution is 0.0342. The topological polar surface area (TPSA) is 53.6 Å². The van der Waals surface area contributed by atoms with Crippen molar-refractivity contribution >= 4 is 23.3 Å². The monoisotopic (exact) mass is 373 g/mol. The molecule has 0 saturated carbocycles. The van der Waals surface area contributed by atoms with Crippen molar-refractivity contribution in [3.05, 3.63) is 64.2 Å². The Kier molecular flexibility index (Phi) is 6.50. The van der Waals surface area contributed by atoms with Gasteiger partial charge in [0.05, 0.1) is 13.2 Å². The Labute approximate surface area is 159 Å². The molecule has 0 aliphatic carbocycles. The SMILES string of the molecule is Cc1c(Cl)cccc1NC(=O)NCc1cccc(CN2CCOCC2)c1. The van der Waals surface area contributed by atoms with Crippen LogP contribution in [-0.4, -0.2) is 37.2 Å². The number of carbonyl (C=O) groups excluding carboxylic acids is 1. The van der Waals surface area contributed by atoms with Crippen LogP contribution in [0.15, 0.2) is 42.5 Å². The van der Waals surface area contributed by atoms with Gasteiger partial charge in [0.25, 0.3) is 0 Å². The van der Waals surface area contributed by atoms with Crippen molar-refractivity contribution in [3.63, 3.8) is 0 Å². The first-order chi connectivity index (χ1) is 12.6. The molecule has 1 aliphatic rings. The smallest absolute Gasteiger partial charge is 0.319 e. The summed E-state index contributed by atoms with van der Waals surface area (Å²) >= 11 is 6.08. The molecule has 0 aromatic heterocycles. The minimum atomic E-state index is -0.242. The zero-order valence-electron chi connectivity index (χ0n) is 14.9. The van der Waals surface area contributed by atoms with Crippen molar-refractivity contribution in [2.45, 2.75) is 20.0 Å². The van der Waals surface area contributed by atoms with E-state index in [0.29, 0.717) is 11.6 Å². The van der Waals surface area contributed by atoms with Crippen molar-refractivity contribution < 1.29 is 9.53 Å². The van der Waals surface area contributed by atoms with E-state index in [1.807, 2.05) is 31.2 Å². The second-order valence-electron chi connectivity index (χ2n) is 6.43. The van der Waals surface area contributed by atoms with Gasteiger partial charge in [-0.05, 0) is 35.7 Å². The summed E-state index contributed by atoms with van der Waals surface area (Å²) in [5, 5.41) is 6.38. The van der Waals surface area contributed by atoms with Crippen LogP contribution in [0.25, 0.3) is 0 Å². The highest BCUT2D eigenvalue weighted by Gasteiger charge is 2.11. The molecule has 138 valence electrons. The number of nitrogens with one attached hydrogen (secondary N) is 2. The van der Waals surface area contributed by atoms with Crippen molar-refractivity contribution in [2.75, 3.05) is 31.6 Å². The molecule has 1 aliphatic heterocycles. The average Bonchev–Trinajstić information content (AvgIpc) is 2.65. The first-order valence-electron chi connectivity index (χ1n) is 8.80. The summed E-state index contributed by atoms with van der Waals surface area (Å²) in [5.74, 6) is 0. The predicted molar refractivity (Wildman–Crippen MR) is 105 cm³/mol. The third kappa shape index (κ3) is 5.21. The summed E-state index contributed by atoms with van der Waals surface area (Å²) in [7, 11) is 0. The van der Waals surface area contributed by atoms with E-state index in [-0.39, 0.29) is 6.03 Å². The maximum absolute atomic E-state index is 12.2. The number of carbonyl (C=O) groups is 1. The van der Waals surface area contributed by atoms with Gasteiger partial charge in [-0.1, -0.05) is 41.9 Å². The Morgan fingerprint density at radius 1 is 1.15 bits per heavy atom. The third-order valence-corrected chi connectivity index (χ3v) is 4.88. The number of hydrogen-bond donors (Lipinski definition) is 2. The van der Waals surface area contributed by atoms with Gasteiger partial charge in [-0.15, -0.1) is 0 Å². The first kappa shape index (κ1) is 18.7. The molecule has 26 heavy (non-hydrogen) atoms. The van der Waals surface area contributed by atoms with Gasteiger partial charge in [0.1, 0.15) is 0 Å². The molecule has 2 aromatic carbocycles. The average molecular weight is 374 g/mol. The highest BCUT2D eigenvalue weighted by atomic mass is 35.5. The van der Waals surface area contributed by atoms with Crippen molar-refractivity contribution in [1.82, 2.24) is 10.2 Å². The fourth-order valence-electron chi connectivity index (χ4n) is 2.95. The van der Waals surface area contributed by atoms with Crippen LogP contribution in [0, 0.1) is 6.92 Å². The van der Waals surface area contributed by atoms with Crippen molar-refractivity contribution in [1.29, 1.82) is 0 Å². The van der Waals surface area contributed by atoms with E-state index in [1.165, 1.54) is 5.56 Å². The van der Waals surface area contributed by atoms with Gasteiger partial charge in [-0.3, -0.25) is 4.90 Å². The van der Waals surface area contributed by atoms with Crippen LogP contribution in [0.5, 0.6) is 0 Å². The number of urea groups is 1. The van der Waals surface area contributed by atoms with Crippen LogP contribution >= 0.6 is 11.6 Å². The molecule has 5 nitrogen and oxygen atoms in total. The predicted octanol–water partition coefficient (Wildman–Crippen LogP) is 3.80. The number of hydrogen-bond acceptors (Lipinski definition) is 3. The van der Waals surface area contributed by atoms with Gasteiger partial charge in [-0.25, -0.2) is 4.79 Å². The van der Waals surface area contributed by atoms with E-state index in [2.05, 4.69) is 27.7 Å². The second kappa shape index (κ2) is 9.03. The maximum atomic E-state index is 12.2. The van der Waals surface area contributed by atoms with Crippen LogP contribution in [0.1, 0.15) is 16.7 Å². The standard InChI is InChI=1S/C20H24ClN3O2/c1-15-18(21)6-3-7-19(15)23-20(25)22-13-16-4-2-5-17(12-16)14-24-8-10-26-11-9-24/h2-7,12H,8-11,13-14H2,1H3,(H2,22,23,25). The molecule has 1 fully saturated rings. The maximum Gasteiger partial charge on any atom is 0.319 e. The van der Waals surface area contributed by atoms with Crippen LogP contribution < -0.4 is 10.6 Å². The van der Waals surface area contributed by atoms with Gasteiger partial charge < -0.3 is 15.4 Å². The van der Waals surface area contributed by atoms with Gasteiger partial charge in [0, 0.05) is 36.9 Å². The first-order valence-corrected chi connectivity index (χ1v) is 9.17. The normalized spacial score (nSPS) is 14.8. The van der Waals surface area contributed by atoms with E-state index >= 15 is 0 Å². The Hall–Kier alpha value is -2.08. The van der Waals surface area contributed by atoms with Gasteiger partial charge in [0.2, 0.25) is 0 Å². The van der Waals surface area contributed by atoms with Crippen molar-refractivity contribution in [3.8, 4) is 0 Å². The molecule has 0 radical (unpaired) electrons. The second-order valence-corrected chi connectivity index (χ2v) is 6.84. The quantitative estimate of drug-likeness (QED) is 0.838. The molecular formula is C20H24ClN3O2. The Bertz CT molecular complexity index is 760. The number of amides is 2. The zero-order chi connectivity index (χ0) is 18.4.